The van der Waals surface area contributed by atoms with Crippen molar-refractivity contribution >= 4 is 5.91 Å². The number of hydrogen-bond donors (Lipinski definition) is 1. The summed E-state index contributed by atoms with van der Waals surface area (Å²) in [4.78, 5) is 11.7. The van der Waals surface area contributed by atoms with Crippen LogP contribution < -0.4 is 5.32 Å². The second-order valence-electron chi connectivity index (χ2n) is 3.94. The number of nitrogens with one attached hydrogen (secondary N) is 1. The molecule has 1 aromatic carbocycles. The molecule has 2 nitrogen and oxygen atoms in total. The number of rotatable bonds is 3. The molecule has 22 heavy (non-hydrogen) atoms. The van der Waals surface area contributed by atoms with Crippen molar-refractivity contribution in [2.75, 3.05) is 0 Å². The first-order chi connectivity index (χ1) is 10.3. The molecular weight excluding hydrogens is 298 g/mol. The summed E-state index contributed by atoms with van der Waals surface area (Å²) in [6.07, 6.45) is -4.22. The van der Waals surface area contributed by atoms with E-state index in [0.717, 1.165) is 12.1 Å². The summed E-state index contributed by atoms with van der Waals surface area (Å²) in [6.45, 7) is 11.4. The van der Waals surface area contributed by atoms with Crippen LogP contribution in [0.5, 0.6) is 0 Å². The van der Waals surface area contributed by atoms with Gasteiger partial charge in [-0.3, -0.25) is 4.79 Å². The Morgan fingerprint density at radius 1 is 1.18 bits per heavy atom. The zero-order valence-corrected chi connectivity index (χ0v) is 13.9. The van der Waals surface area contributed by atoms with Crippen LogP contribution in [0.3, 0.4) is 0 Å². The Hall–Kier alpha value is -1.59. The van der Waals surface area contributed by atoms with Crippen molar-refractivity contribution in [1.82, 2.24) is 5.32 Å². The number of halogens is 4. The van der Waals surface area contributed by atoms with Crippen molar-refractivity contribution in [3.63, 3.8) is 0 Å². The van der Waals surface area contributed by atoms with E-state index in [9.17, 15) is 22.4 Å². The second-order valence-corrected chi connectivity index (χ2v) is 3.94. The minimum atomic E-state index is -4.76. The molecule has 0 bridgehead atoms. The van der Waals surface area contributed by atoms with E-state index in [1.807, 2.05) is 27.7 Å². The molecular formula is C16H25F4NO. The van der Waals surface area contributed by atoms with Gasteiger partial charge in [0.05, 0.1) is 11.1 Å². The zero-order valence-electron chi connectivity index (χ0n) is 13.9. The first kappa shape index (κ1) is 22.7. The van der Waals surface area contributed by atoms with E-state index >= 15 is 0 Å². The fraction of sp³-hybridized carbons (Fsp3) is 0.562. The lowest BCUT2D eigenvalue weighted by Gasteiger charge is -2.16. The highest BCUT2D eigenvalue weighted by atomic mass is 19.4. The predicted molar refractivity (Wildman–Crippen MR) is 81.3 cm³/mol. The molecule has 1 N–H and O–H groups in total. The predicted octanol–water partition coefficient (Wildman–Crippen LogP) is 5.43. The van der Waals surface area contributed by atoms with Gasteiger partial charge in [-0.1, -0.05) is 40.7 Å². The van der Waals surface area contributed by atoms with Gasteiger partial charge in [-0.15, -0.1) is 0 Å². The highest BCUT2D eigenvalue weighted by Gasteiger charge is 2.36. The van der Waals surface area contributed by atoms with Crippen LogP contribution in [0.1, 0.15) is 63.9 Å². The number of amides is 1. The Morgan fingerprint density at radius 2 is 1.68 bits per heavy atom. The maximum Gasteiger partial charge on any atom is 0.417 e. The van der Waals surface area contributed by atoms with Crippen LogP contribution in [0, 0.1) is 5.82 Å². The maximum absolute atomic E-state index is 13.4. The number of alkyl halides is 3. The minimum Gasteiger partial charge on any atom is -0.349 e. The van der Waals surface area contributed by atoms with Crippen molar-refractivity contribution in [1.29, 1.82) is 0 Å². The third-order valence-electron chi connectivity index (χ3n) is 2.54. The van der Waals surface area contributed by atoms with E-state index in [0.29, 0.717) is 12.5 Å². The van der Waals surface area contributed by atoms with Crippen molar-refractivity contribution < 1.29 is 22.4 Å². The molecule has 0 aliphatic heterocycles. The quantitative estimate of drug-likeness (QED) is 0.739. The van der Waals surface area contributed by atoms with Gasteiger partial charge in [0.1, 0.15) is 5.82 Å². The van der Waals surface area contributed by atoms with Crippen molar-refractivity contribution in [3.05, 3.63) is 35.1 Å². The molecule has 1 atom stereocenters. The van der Waals surface area contributed by atoms with Crippen LogP contribution in [-0.4, -0.2) is 11.9 Å². The molecule has 0 radical (unpaired) electrons. The third kappa shape index (κ3) is 6.91. The summed E-state index contributed by atoms with van der Waals surface area (Å²) in [6, 6.07) is 2.13. The lowest BCUT2D eigenvalue weighted by atomic mass is 10.1. The normalized spacial score (nSPS) is 11.4. The van der Waals surface area contributed by atoms with E-state index < -0.39 is 29.0 Å². The molecule has 1 rings (SSSR count). The number of hydrogen-bond acceptors (Lipinski definition) is 1. The number of carbonyl (C=O) groups is 1. The molecule has 0 saturated heterocycles. The lowest BCUT2D eigenvalue weighted by Crippen LogP contribution is -2.34. The van der Waals surface area contributed by atoms with Gasteiger partial charge in [-0.2, -0.15) is 13.2 Å². The summed E-state index contributed by atoms with van der Waals surface area (Å²) in [7, 11) is 0. The Kier molecular flexibility index (Phi) is 11.4. The van der Waals surface area contributed by atoms with Crippen LogP contribution in [0.4, 0.5) is 17.6 Å². The summed E-state index contributed by atoms with van der Waals surface area (Å²) < 4.78 is 51.4. The molecule has 0 aliphatic rings. The molecule has 0 spiro atoms. The molecule has 6 heteroatoms. The summed E-state index contributed by atoms with van der Waals surface area (Å²) in [5.41, 5.74) is -2.21. The molecule has 0 saturated carbocycles. The van der Waals surface area contributed by atoms with Gasteiger partial charge in [-0.25, -0.2) is 4.39 Å². The van der Waals surface area contributed by atoms with Crippen molar-refractivity contribution in [2.24, 2.45) is 0 Å². The molecule has 0 heterocycles. The van der Waals surface area contributed by atoms with E-state index in [4.69, 9.17) is 0 Å². The number of benzene rings is 1. The average molecular weight is 323 g/mol. The summed E-state index contributed by atoms with van der Waals surface area (Å²) in [5.74, 6) is -2.22. The molecule has 0 aromatic heterocycles. The van der Waals surface area contributed by atoms with E-state index in [1.165, 1.54) is 0 Å². The van der Waals surface area contributed by atoms with Gasteiger partial charge in [0.25, 0.3) is 5.91 Å². The third-order valence-corrected chi connectivity index (χ3v) is 2.54. The van der Waals surface area contributed by atoms with Crippen molar-refractivity contribution in [3.8, 4) is 0 Å². The van der Waals surface area contributed by atoms with Crippen LogP contribution in [-0.2, 0) is 6.18 Å². The van der Waals surface area contributed by atoms with E-state index in [-0.39, 0.29) is 6.04 Å². The highest BCUT2D eigenvalue weighted by Crippen LogP contribution is 2.33. The van der Waals surface area contributed by atoms with Gasteiger partial charge in [0.15, 0.2) is 0 Å². The molecule has 128 valence electrons. The Labute approximate surface area is 129 Å². The second kappa shape index (κ2) is 11.0. The molecule has 0 fully saturated rings. The van der Waals surface area contributed by atoms with Crippen LogP contribution >= 0.6 is 0 Å². The average Bonchev–Trinajstić information content (AvgIpc) is 2.49. The molecule has 1 aromatic rings. The van der Waals surface area contributed by atoms with Gasteiger partial charge in [0.2, 0.25) is 0 Å². The minimum absolute atomic E-state index is 0.321. The van der Waals surface area contributed by atoms with Crippen LogP contribution in [0.15, 0.2) is 18.2 Å². The first-order valence-corrected chi connectivity index (χ1v) is 7.44. The Balaban J connectivity index is 0. The molecule has 0 aliphatic carbocycles. The monoisotopic (exact) mass is 323 g/mol. The largest absolute Gasteiger partial charge is 0.417 e. The first-order valence-electron chi connectivity index (χ1n) is 7.44. The van der Waals surface area contributed by atoms with Gasteiger partial charge >= 0.3 is 6.18 Å². The lowest BCUT2D eigenvalue weighted by molar-refractivity contribution is -0.138. The summed E-state index contributed by atoms with van der Waals surface area (Å²) >= 11 is 0. The SMILES string of the molecule is CC.CC.CCC(C)NC(=O)c1c(F)cccc1C(F)(F)F. The molecule has 1 amide bonds. The van der Waals surface area contributed by atoms with Crippen LogP contribution in [0.25, 0.3) is 0 Å². The molecule has 1 unspecified atom stereocenters. The zero-order chi connectivity index (χ0) is 17.9. The highest BCUT2D eigenvalue weighted by molar-refractivity contribution is 5.96. The number of carbonyl (C=O) groups excluding carboxylic acids is 1. The Bertz CT molecular complexity index is 444. The van der Waals surface area contributed by atoms with Crippen molar-refractivity contribution in [2.45, 2.75) is 60.2 Å². The van der Waals surface area contributed by atoms with Gasteiger partial charge in [-0.05, 0) is 25.5 Å². The summed E-state index contributed by atoms with van der Waals surface area (Å²) in [5, 5.41) is 2.32. The topological polar surface area (TPSA) is 29.1 Å². The Morgan fingerprint density at radius 3 is 2.09 bits per heavy atom. The fourth-order valence-corrected chi connectivity index (χ4v) is 1.39. The maximum atomic E-state index is 13.4. The van der Waals surface area contributed by atoms with Gasteiger partial charge in [0, 0.05) is 6.04 Å². The van der Waals surface area contributed by atoms with Gasteiger partial charge < -0.3 is 5.32 Å². The smallest absolute Gasteiger partial charge is 0.349 e. The van der Waals surface area contributed by atoms with E-state index in [2.05, 4.69) is 5.32 Å². The van der Waals surface area contributed by atoms with Crippen LogP contribution in [0.2, 0.25) is 0 Å². The van der Waals surface area contributed by atoms with E-state index in [1.54, 1.807) is 13.8 Å². The standard InChI is InChI=1S/C12H13F4NO.2C2H6/c1-3-7(2)17-11(18)10-8(12(14,15)16)5-4-6-9(10)13;2*1-2/h4-7H,3H2,1-2H3,(H,17,18);2*1-2H3. The fourth-order valence-electron chi connectivity index (χ4n) is 1.39.